The van der Waals surface area contributed by atoms with Crippen molar-refractivity contribution in [2.75, 3.05) is 0 Å². The number of ketones is 1. The van der Waals surface area contributed by atoms with Crippen LogP contribution >= 0.6 is 0 Å². The molecule has 42 valence electrons. The minimum Gasteiger partial charge on any atom is -0.295 e. The number of carbonyl (C=O) groups excluding carboxylic acids is 1. The van der Waals surface area contributed by atoms with Crippen molar-refractivity contribution in [1.29, 1.82) is 0 Å². The highest BCUT2D eigenvalue weighted by atomic mass is 16.1. The van der Waals surface area contributed by atoms with Gasteiger partial charge >= 0.3 is 0 Å². The Morgan fingerprint density at radius 1 is 1.62 bits per heavy atom. The van der Waals surface area contributed by atoms with E-state index in [-0.39, 0.29) is 0 Å². The van der Waals surface area contributed by atoms with Crippen molar-refractivity contribution in [1.82, 2.24) is 0 Å². The largest absolute Gasteiger partial charge is 0.295 e. The van der Waals surface area contributed by atoms with Crippen molar-refractivity contribution in [3.05, 3.63) is 12.2 Å². The Bertz CT molecular complexity index is 158. The molecule has 8 heavy (non-hydrogen) atoms. The van der Waals surface area contributed by atoms with Crippen LogP contribution in [0.4, 0.5) is 0 Å². The summed E-state index contributed by atoms with van der Waals surface area (Å²) in [5, 5.41) is 0. The van der Waals surface area contributed by atoms with Crippen LogP contribution in [0, 0.1) is 11.8 Å². The van der Waals surface area contributed by atoms with Crippen LogP contribution in [0.5, 0.6) is 0 Å². The zero-order chi connectivity index (χ0) is 5.56. The molecule has 0 aliphatic heterocycles. The van der Waals surface area contributed by atoms with E-state index in [1.165, 1.54) is 0 Å². The lowest BCUT2D eigenvalue weighted by Gasteiger charge is -1.96. The van der Waals surface area contributed by atoms with Crippen LogP contribution in [-0.2, 0) is 4.79 Å². The van der Waals surface area contributed by atoms with Crippen LogP contribution < -0.4 is 0 Å². The predicted molar refractivity (Wildman–Crippen MR) is 30.4 cm³/mol. The molecule has 0 spiro atoms. The lowest BCUT2D eigenvalue weighted by molar-refractivity contribution is -0.116. The van der Waals surface area contributed by atoms with Gasteiger partial charge in [-0.3, -0.25) is 4.79 Å². The maximum Gasteiger partial charge on any atom is 0.158 e. The second-order valence-electron chi connectivity index (χ2n) is 2.64. The van der Waals surface area contributed by atoms with Gasteiger partial charge in [0.05, 0.1) is 0 Å². The fraction of sp³-hybridized carbons (Fsp3) is 0.571. The molecule has 2 aliphatic carbocycles. The second-order valence-corrected chi connectivity index (χ2v) is 2.64. The van der Waals surface area contributed by atoms with E-state index in [2.05, 4.69) is 0 Å². The molecule has 0 aromatic rings. The molecule has 0 amide bonds. The summed E-state index contributed by atoms with van der Waals surface area (Å²) in [7, 11) is 0. The van der Waals surface area contributed by atoms with E-state index in [9.17, 15) is 4.79 Å². The van der Waals surface area contributed by atoms with Crippen LogP contribution in [0.3, 0.4) is 0 Å². The quantitative estimate of drug-likeness (QED) is 0.455. The third kappa shape index (κ3) is 0.443. The van der Waals surface area contributed by atoms with Gasteiger partial charge in [0.2, 0.25) is 0 Å². The summed E-state index contributed by atoms with van der Waals surface area (Å²) in [6.07, 6.45) is 6.03. The number of rotatable bonds is 0. The molecule has 1 heteroatoms. The van der Waals surface area contributed by atoms with Gasteiger partial charge in [-0.2, -0.15) is 0 Å². The number of allylic oxidation sites excluding steroid dienone is 2. The Balaban J connectivity index is 2.24. The highest BCUT2D eigenvalue weighted by Crippen LogP contribution is 2.44. The fourth-order valence-electron chi connectivity index (χ4n) is 1.34. The van der Waals surface area contributed by atoms with E-state index in [4.69, 9.17) is 0 Å². The molecule has 0 saturated heterocycles. The van der Waals surface area contributed by atoms with Gasteiger partial charge in [0, 0.05) is 5.92 Å². The molecule has 0 aromatic carbocycles. The molecule has 2 atom stereocenters. The first-order chi connectivity index (χ1) is 3.88. The van der Waals surface area contributed by atoms with Gasteiger partial charge < -0.3 is 0 Å². The van der Waals surface area contributed by atoms with Crippen molar-refractivity contribution < 1.29 is 4.79 Å². The normalized spacial score (nSPS) is 41.8. The molecule has 2 unspecified atom stereocenters. The Labute approximate surface area is 48.4 Å². The van der Waals surface area contributed by atoms with Crippen LogP contribution in [0.1, 0.15) is 12.8 Å². The average Bonchev–Trinajstić information content (AvgIpc) is 2.45. The zero-order valence-corrected chi connectivity index (χ0v) is 4.63. The molecule has 0 N–H and O–H groups in total. The summed E-state index contributed by atoms with van der Waals surface area (Å²) in [4.78, 5) is 10.7. The Morgan fingerprint density at radius 3 is 3.12 bits per heavy atom. The number of carbonyl (C=O) groups is 1. The number of fused-ring (bicyclic) bond motifs is 1. The molecule has 0 aromatic heterocycles. The van der Waals surface area contributed by atoms with Crippen molar-refractivity contribution in [3.63, 3.8) is 0 Å². The summed E-state index contributed by atoms with van der Waals surface area (Å²) in [5.41, 5.74) is 0. The topological polar surface area (TPSA) is 17.1 Å². The first kappa shape index (κ1) is 4.30. The van der Waals surface area contributed by atoms with Crippen LogP contribution in [0.25, 0.3) is 0 Å². The van der Waals surface area contributed by atoms with Crippen LogP contribution in [0.15, 0.2) is 12.2 Å². The monoisotopic (exact) mass is 108 g/mol. The SMILES string of the molecule is O=C1C=CCC2CC12. The van der Waals surface area contributed by atoms with Crippen molar-refractivity contribution in [3.8, 4) is 0 Å². The van der Waals surface area contributed by atoms with Gasteiger partial charge in [0.25, 0.3) is 0 Å². The van der Waals surface area contributed by atoms with Gasteiger partial charge in [-0.1, -0.05) is 6.08 Å². The first-order valence-electron chi connectivity index (χ1n) is 3.08. The molecular weight excluding hydrogens is 100 g/mol. The van der Waals surface area contributed by atoms with Gasteiger partial charge in [-0.25, -0.2) is 0 Å². The molecule has 2 aliphatic rings. The third-order valence-electron chi connectivity index (χ3n) is 2.01. The molecule has 0 radical (unpaired) electrons. The molecule has 0 bridgehead atoms. The van der Waals surface area contributed by atoms with Gasteiger partial charge in [0.1, 0.15) is 0 Å². The van der Waals surface area contributed by atoms with Crippen molar-refractivity contribution >= 4 is 5.78 Å². The van der Waals surface area contributed by atoms with E-state index in [1.54, 1.807) is 6.08 Å². The average molecular weight is 108 g/mol. The zero-order valence-electron chi connectivity index (χ0n) is 4.63. The van der Waals surface area contributed by atoms with E-state index >= 15 is 0 Å². The maximum atomic E-state index is 10.7. The van der Waals surface area contributed by atoms with E-state index in [1.807, 2.05) is 6.08 Å². The van der Waals surface area contributed by atoms with E-state index < -0.39 is 0 Å². The summed E-state index contributed by atoms with van der Waals surface area (Å²) < 4.78 is 0. The molecule has 2 rings (SSSR count). The van der Waals surface area contributed by atoms with Gasteiger partial charge in [-0.05, 0) is 24.8 Å². The number of hydrogen-bond acceptors (Lipinski definition) is 1. The molecule has 1 fully saturated rings. The van der Waals surface area contributed by atoms with Crippen molar-refractivity contribution in [2.45, 2.75) is 12.8 Å². The van der Waals surface area contributed by atoms with Gasteiger partial charge in [-0.15, -0.1) is 0 Å². The smallest absolute Gasteiger partial charge is 0.158 e. The minimum atomic E-state index is 0.362. The second kappa shape index (κ2) is 1.22. The van der Waals surface area contributed by atoms with Crippen LogP contribution in [-0.4, -0.2) is 5.78 Å². The van der Waals surface area contributed by atoms with E-state index in [0.29, 0.717) is 11.7 Å². The standard InChI is InChI=1S/C7H8O/c8-7-3-1-2-5-4-6(5)7/h1,3,5-6H,2,4H2. The maximum absolute atomic E-state index is 10.7. The minimum absolute atomic E-state index is 0.362. The highest BCUT2D eigenvalue weighted by Gasteiger charge is 2.42. The molecule has 0 heterocycles. The molecule has 1 saturated carbocycles. The van der Waals surface area contributed by atoms with E-state index in [0.717, 1.165) is 18.8 Å². The summed E-state index contributed by atoms with van der Waals surface area (Å²) in [6.45, 7) is 0. The van der Waals surface area contributed by atoms with Crippen molar-refractivity contribution in [2.24, 2.45) is 11.8 Å². The number of hydrogen-bond donors (Lipinski definition) is 0. The molecular formula is C7H8O. The summed E-state index contributed by atoms with van der Waals surface area (Å²) >= 11 is 0. The Hall–Kier alpha value is -0.590. The Morgan fingerprint density at radius 2 is 2.50 bits per heavy atom. The van der Waals surface area contributed by atoms with Gasteiger partial charge in [0.15, 0.2) is 5.78 Å². The fourth-order valence-corrected chi connectivity index (χ4v) is 1.34. The first-order valence-corrected chi connectivity index (χ1v) is 3.08. The third-order valence-corrected chi connectivity index (χ3v) is 2.01. The highest BCUT2D eigenvalue weighted by molar-refractivity contribution is 5.94. The lowest BCUT2D eigenvalue weighted by atomic mass is 10.1. The molecule has 1 nitrogen and oxygen atoms in total. The Kier molecular flexibility index (Phi) is 0.655. The summed E-state index contributed by atoms with van der Waals surface area (Å²) in [5.74, 6) is 1.55. The predicted octanol–water partition coefficient (Wildman–Crippen LogP) is 1.15. The summed E-state index contributed by atoms with van der Waals surface area (Å²) in [6, 6.07) is 0. The lowest BCUT2D eigenvalue weighted by Crippen LogP contribution is -2.01. The van der Waals surface area contributed by atoms with Crippen LogP contribution in [0.2, 0.25) is 0 Å².